The topological polar surface area (TPSA) is 44.5 Å². The van der Waals surface area contributed by atoms with Gasteiger partial charge < -0.3 is 9.97 Å². The van der Waals surface area contributed by atoms with Crippen molar-refractivity contribution in [2.45, 2.75) is 53.4 Å². The Morgan fingerprint density at radius 2 is 1.17 bits per heavy atom. The van der Waals surface area contributed by atoms with Crippen molar-refractivity contribution in [1.82, 2.24) is 15.0 Å². The number of pyridine rings is 1. The quantitative estimate of drug-likeness (QED) is 0.634. The summed E-state index contributed by atoms with van der Waals surface area (Å²) in [6, 6.07) is 6.31. The Labute approximate surface area is 144 Å². The van der Waals surface area contributed by atoms with Gasteiger partial charge in [-0.3, -0.25) is 0 Å². The zero-order chi connectivity index (χ0) is 17.1. The summed E-state index contributed by atoms with van der Waals surface area (Å²) < 4.78 is 0. The fourth-order valence-corrected chi connectivity index (χ4v) is 3.60. The lowest BCUT2D eigenvalue weighted by atomic mass is 10.0. The molecule has 24 heavy (non-hydrogen) atoms. The van der Waals surface area contributed by atoms with Gasteiger partial charge in [0, 0.05) is 12.4 Å². The smallest absolute Gasteiger partial charge is 0.0875 e. The van der Waals surface area contributed by atoms with Crippen LogP contribution in [0.4, 0.5) is 0 Å². The first-order chi connectivity index (χ1) is 11.7. The minimum atomic E-state index is 1.02. The highest BCUT2D eigenvalue weighted by Crippen LogP contribution is 2.29. The molecule has 0 amide bonds. The summed E-state index contributed by atoms with van der Waals surface area (Å²) in [7, 11) is 0. The van der Waals surface area contributed by atoms with E-state index >= 15 is 0 Å². The summed E-state index contributed by atoms with van der Waals surface area (Å²) >= 11 is 0. The molecule has 0 fully saturated rings. The summed E-state index contributed by atoms with van der Waals surface area (Å²) in [5, 5.41) is 0. The average molecular weight is 321 g/mol. The van der Waals surface area contributed by atoms with Gasteiger partial charge in [-0.15, -0.1) is 0 Å². The Morgan fingerprint density at radius 3 is 1.54 bits per heavy atom. The maximum Gasteiger partial charge on any atom is 0.0875 e. The van der Waals surface area contributed by atoms with E-state index in [-0.39, 0.29) is 0 Å². The Hall–Kier alpha value is -2.29. The van der Waals surface area contributed by atoms with Crippen LogP contribution in [0.3, 0.4) is 0 Å². The normalized spacial score (nSPS) is 11.2. The molecule has 0 unspecified atom stereocenters. The summed E-state index contributed by atoms with van der Waals surface area (Å²) in [4.78, 5) is 11.9. The maximum absolute atomic E-state index is 4.96. The Bertz CT molecular complexity index is 758. The standard InChI is InChI=1S/C21H27N3/c1-5-14-12-22-20(16(14)7-3)18-10-9-11-19(24-18)21-17(8-4)15(6-2)13-23-21/h9-13,22-23H,5-8H2,1-4H3. The van der Waals surface area contributed by atoms with Gasteiger partial charge in [-0.1, -0.05) is 33.8 Å². The lowest BCUT2D eigenvalue weighted by Crippen LogP contribution is -1.95. The average Bonchev–Trinajstić information content (AvgIpc) is 3.24. The van der Waals surface area contributed by atoms with Crippen LogP contribution in [0.1, 0.15) is 49.9 Å². The van der Waals surface area contributed by atoms with Crippen LogP contribution < -0.4 is 0 Å². The van der Waals surface area contributed by atoms with Crippen molar-refractivity contribution in [3.63, 3.8) is 0 Å². The van der Waals surface area contributed by atoms with Gasteiger partial charge in [0.1, 0.15) is 0 Å². The highest BCUT2D eigenvalue weighted by atomic mass is 14.8. The second-order valence-corrected chi connectivity index (χ2v) is 6.16. The highest BCUT2D eigenvalue weighted by Gasteiger charge is 2.15. The van der Waals surface area contributed by atoms with E-state index in [0.717, 1.165) is 48.5 Å². The number of aryl methyl sites for hydroxylation is 2. The molecule has 0 aliphatic rings. The third-order valence-corrected chi connectivity index (χ3v) is 4.89. The van der Waals surface area contributed by atoms with Gasteiger partial charge in [-0.05, 0) is 60.1 Å². The van der Waals surface area contributed by atoms with Crippen molar-refractivity contribution in [2.24, 2.45) is 0 Å². The SMILES string of the molecule is CCc1c[nH]c(-c2cccc(-c3[nH]cc(CC)c3CC)n2)c1CC. The van der Waals surface area contributed by atoms with Crippen LogP contribution in [0, 0.1) is 0 Å². The monoisotopic (exact) mass is 321 g/mol. The second-order valence-electron chi connectivity index (χ2n) is 6.16. The highest BCUT2D eigenvalue weighted by molar-refractivity contribution is 5.68. The van der Waals surface area contributed by atoms with Crippen molar-refractivity contribution in [3.8, 4) is 22.8 Å². The molecule has 3 heterocycles. The van der Waals surface area contributed by atoms with Crippen LogP contribution in [0.5, 0.6) is 0 Å². The lowest BCUT2D eigenvalue weighted by molar-refractivity contribution is 1.05. The van der Waals surface area contributed by atoms with Crippen LogP contribution in [-0.4, -0.2) is 15.0 Å². The van der Waals surface area contributed by atoms with E-state index in [0.29, 0.717) is 0 Å². The zero-order valence-corrected chi connectivity index (χ0v) is 15.2. The number of hydrogen-bond donors (Lipinski definition) is 2. The number of aromatic amines is 2. The van der Waals surface area contributed by atoms with Crippen molar-refractivity contribution < 1.29 is 0 Å². The van der Waals surface area contributed by atoms with Crippen molar-refractivity contribution in [1.29, 1.82) is 0 Å². The number of rotatable bonds is 6. The van der Waals surface area contributed by atoms with E-state index in [9.17, 15) is 0 Å². The summed E-state index contributed by atoms with van der Waals surface area (Å²) in [5.74, 6) is 0. The van der Waals surface area contributed by atoms with Crippen LogP contribution >= 0.6 is 0 Å². The molecule has 3 aromatic heterocycles. The molecule has 2 N–H and O–H groups in total. The molecule has 0 bridgehead atoms. The van der Waals surface area contributed by atoms with Gasteiger partial charge in [-0.2, -0.15) is 0 Å². The van der Waals surface area contributed by atoms with E-state index in [1.54, 1.807) is 0 Å². The van der Waals surface area contributed by atoms with E-state index < -0.39 is 0 Å². The predicted molar refractivity (Wildman–Crippen MR) is 101 cm³/mol. The van der Waals surface area contributed by atoms with Crippen LogP contribution in [-0.2, 0) is 25.7 Å². The number of hydrogen-bond acceptors (Lipinski definition) is 1. The fraction of sp³-hybridized carbons (Fsp3) is 0.381. The van der Waals surface area contributed by atoms with E-state index in [4.69, 9.17) is 4.98 Å². The minimum Gasteiger partial charge on any atom is -0.359 e. The van der Waals surface area contributed by atoms with Crippen molar-refractivity contribution >= 4 is 0 Å². The molecule has 0 radical (unpaired) electrons. The largest absolute Gasteiger partial charge is 0.359 e. The third kappa shape index (κ3) is 2.79. The Kier molecular flexibility index (Phi) is 4.89. The van der Waals surface area contributed by atoms with E-state index in [1.165, 1.54) is 22.3 Å². The first kappa shape index (κ1) is 16.6. The van der Waals surface area contributed by atoms with Crippen LogP contribution in [0.2, 0.25) is 0 Å². The third-order valence-electron chi connectivity index (χ3n) is 4.89. The molecular weight excluding hydrogens is 294 g/mol. The molecule has 0 saturated heterocycles. The molecule has 126 valence electrons. The maximum atomic E-state index is 4.96. The van der Waals surface area contributed by atoms with Gasteiger partial charge in [0.05, 0.1) is 22.8 Å². The molecular formula is C21H27N3. The molecule has 0 saturated carbocycles. The van der Waals surface area contributed by atoms with Gasteiger partial charge in [0.2, 0.25) is 0 Å². The predicted octanol–water partition coefficient (Wildman–Crippen LogP) is 5.32. The molecule has 0 atom stereocenters. The van der Waals surface area contributed by atoms with Crippen molar-refractivity contribution in [2.75, 3.05) is 0 Å². The summed E-state index contributed by atoms with van der Waals surface area (Å²) in [5.41, 5.74) is 9.94. The van der Waals surface area contributed by atoms with Crippen LogP contribution in [0.25, 0.3) is 22.8 Å². The first-order valence-corrected chi connectivity index (χ1v) is 9.09. The second kappa shape index (κ2) is 7.08. The zero-order valence-electron chi connectivity index (χ0n) is 15.2. The number of aromatic nitrogens is 3. The lowest BCUT2D eigenvalue weighted by Gasteiger charge is -2.08. The molecule has 3 rings (SSSR count). The van der Waals surface area contributed by atoms with Crippen LogP contribution in [0.15, 0.2) is 30.6 Å². The molecule has 3 aromatic rings. The summed E-state index contributed by atoms with van der Waals surface area (Å²) in [6.07, 6.45) is 8.41. The number of nitrogens with one attached hydrogen (secondary N) is 2. The number of nitrogens with zero attached hydrogens (tertiary/aromatic N) is 1. The first-order valence-electron chi connectivity index (χ1n) is 9.09. The molecule has 0 aliphatic carbocycles. The van der Waals surface area contributed by atoms with Gasteiger partial charge in [0.15, 0.2) is 0 Å². The molecule has 3 heteroatoms. The van der Waals surface area contributed by atoms with E-state index in [1.807, 2.05) is 0 Å². The van der Waals surface area contributed by atoms with Gasteiger partial charge in [0.25, 0.3) is 0 Å². The Morgan fingerprint density at radius 1 is 0.708 bits per heavy atom. The Balaban J connectivity index is 2.08. The molecule has 0 aliphatic heterocycles. The fourth-order valence-electron chi connectivity index (χ4n) is 3.60. The molecule has 0 aromatic carbocycles. The minimum absolute atomic E-state index is 1.02. The van der Waals surface area contributed by atoms with E-state index in [2.05, 4.69) is 68.3 Å². The van der Waals surface area contributed by atoms with Gasteiger partial charge >= 0.3 is 0 Å². The van der Waals surface area contributed by atoms with Crippen molar-refractivity contribution in [3.05, 3.63) is 52.8 Å². The molecule has 3 nitrogen and oxygen atoms in total. The summed E-state index contributed by atoms with van der Waals surface area (Å²) in [6.45, 7) is 8.83. The number of H-pyrrole nitrogens is 2. The van der Waals surface area contributed by atoms with Gasteiger partial charge in [-0.25, -0.2) is 4.98 Å². The molecule has 0 spiro atoms.